The number of aryl methyl sites for hydroxylation is 1. The van der Waals surface area contributed by atoms with Gasteiger partial charge in [-0.1, -0.05) is 65.3 Å². The Morgan fingerprint density at radius 3 is 2.52 bits per heavy atom. The number of carbonyl (C=O) groups excluding carboxylic acids is 1. The SMILES string of the molecule is Cc1ccccc1-n1c(-c2ccc(Cl)cc2)cnc1SC(C)C(=O)Nc1ccc(F)cc1Cl. The van der Waals surface area contributed by atoms with E-state index in [1.165, 1.54) is 23.9 Å². The van der Waals surface area contributed by atoms with Gasteiger partial charge in [0.1, 0.15) is 5.82 Å². The van der Waals surface area contributed by atoms with E-state index in [2.05, 4.69) is 10.3 Å². The molecule has 1 amide bonds. The van der Waals surface area contributed by atoms with Crippen molar-refractivity contribution in [2.75, 3.05) is 5.32 Å². The summed E-state index contributed by atoms with van der Waals surface area (Å²) < 4.78 is 15.4. The lowest BCUT2D eigenvalue weighted by Crippen LogP contribution is -2.23. The molecule has 0 spiro atoms. The standard InChI is InChI=1S/C25H20Cl2FN3OS/c1-15-5-3-4-6-22(15)31-23(17-7-9-18(26)10-8-17)14-29-25(31)33-16(2)24(32)30-21-12-11-19(28)13-20(21)27/h3-14,16H,1-2H3,(H,30,32). The van der Waals surface area contributed by atoms with Crippen molar-refractivity contribution < 1.29 is 9.18 Å². The quantitative estimate of drug-likeness (QED) is 0.281. The van der Waals surface area contributed by atoms with E-state index in [9.17, 15) is 9.18 Å². The molecule has 0 bridgehead atoms. The minimum Gasteiger partial charge on any atom is -0.324 e. The molecule has 168 valence electrons. The third-order valence-electron chi connectivity index (χ3n) is 5.07. The monoisotopic (exact) mass is 499 g/mol. The molecule has 1 aromatic heterocycles. The molecule has 0 aliphatic heterocycles. The number of rotatable bonds is 6. The zero-order valence-corrected chi connectivity index (χ0v) is 20.2. The largest absolute Gasteiger partial charge is 0.324 e. The first-order valence-corrected chi connectivity index (χ1v) is 11.8. The van der Waals surface area contributed by atoms with E-state index in [4.69, 9.17) is 23.2 Å². The molecule has 4 aromatic rings. The summed E-state index contributed by atoms with van der Waals surface area (Å²) in [5, 5.41) is 3.74. The molecular formula is C25H20Cl2FN3OS. The number of nitrogens with zero attached hydrogens (tertiary/aromatic N) is 2. The molecule has 4 rings (SSSR count). The van der Waals surface area contributed by atoms with Gasteiger partial charge >= 0.3 is 0 Å². The smallest absolute Gasteiger partial charge is 0.237 e. The lowest BCUT2D eigenvalue weighted by molar-refractivity contribution is -0.115. The van der Waals surface area contributed by atoms with Gasteiger partial charge in [0.15, 0.2) is 5.16 Å². The second-order valence-electron chi connectivity index (χ2n) is 7.43. The second kappa shape index (κ2) is 10.00. The minimum atomic E-state index is -0.491. The highest BCUT2D eigenvalue weighted by Gasteiger charge is 2.22. The lowest BCUT2D eigenvalue weighted by atomic mass is 10.1. The van der Waals surface area contributed by atoms with Crippen LogP contribution in [0.2, 0.25) is 10.0 Å². The Balaban J connectivity index is 1.66. The molecule has 1 N–H and O–H groups in total. The zero-order chi connectivity index (χ0) is 23.5. The van der Waals surface area contributed by atoms with Gasteiger partial charge in [-0.25, -0.2) is 9.37 Å². The van der Waals surface area contributed by atoms with Crippen LogP contribution in [-0.2, 0) is 4.79 Å². The Labute approximate surface area is 205 Å². The van der Waals surface area contributed by atoms with E-state index >= 15 is 0 Å². The number of para-hydroxylation sites is 1. The lowest BCUT2D eigenvalue weighted by Gasteiger charge is -2.17. The summed E-state index contributed by atoms with van der Waals surface area (Å²) in [7, 11) is 0. The average molecular weight is 500 g/mol. The molecule has 1 unspecified atom stereocenters. The van der Waals surface area contributed by atoms with Crippen molar-refractivity contribution in [3.05, 3.63) is 94.4 Å². The predicted molar refractivity (Wildman–Crippen MR) is 134 cm³/mol. The Morgan fingerprint density at radius 1 is 1.09 bits per heavy atom. The fraction of sp³-hybridized carbons (Fsp3) is 0.120. The first kappa shape index (κ1) is 23.4. The number of hydrogen-bond acceptors (Lipinski definition) is 3. The normalized spacial score (nSPS) is 11.9. The van der Waals surface area contributed by atoms with Crippen LogP contribution in [0.4, 0.5) is 10.1 Å². The summed E-state index contributed by atoms with van der Waals surface area (Å²) in [6, 6.07) is 19.4. The van der Waals surface area contributed by atoms with Gasteiger partial charge < -0.3 is 5.32 Å². The molecule has 4 nitrogen and oxygen atoms in total. The summed E-state index contributed by atoms with van der Waals surface area (Å²) >= 11 is 13.5. The second-order valence-corrected chi connectivity index (χ2v) is 9.58. The van der Waals surface area contributed by atoms with Crippen LogP contribution in [-0.4, -0.2) is 20.7 Å². The fourth-order valence-corrected chi connectivity index (χ4v) is 4.56. The highest BCUT2D eigenvalue weighted by molar-refractivity contribution is 8.00. The maximum absolute atomic E-state index is 13.3. The topological polar surface area (TPSA) is 46.9 Å². The number of imidazole rings is 1. The van der Waals surface area contributed by atoms with Gasteiger partial charge in [-0.05, 0) is 55.8 Å². The molecule has 0 saturated heterocycles. The minimum absolute atomic E-state index is 0.145. The number of nitrogens with one attached hydrogen (secondary N) is 1. The van der Waals surface area contributed by atoms with Crippen LogP contribution < -0.4 is 5.32 Å². The van der Waals surface area contributed by atoms with E-state index < -0.39 is 11.1 Å². The molecule has 0 fully saturated rings. The third-order valence-corrected chi connectivity index (χ3v) is 6.70. The Morgan fingerprint density at radius 2 is 1.82 bits per heavy atom. The molecule has 0 aliphatic rings. The Kier molecular flexibility index (Phi) is 7.08. The van der Waals surface area contributed by atoms with Gasteiger partial charge in [0.25, 0.3) is 0 Å². The van der Waals surface area contributed by atoms with Crippen molar-refractivity contribution in [2.45, 2.75) is 24.3 Å². The average Bonchev–Trinajstić information content (AvgIpc) is 3.19. The van der Waals surface area contributed by atoms with Crippen LogP contribution in [0.15, 0.2) is 78.1 Å². The highest BCUT2D eigenvalue weighted by atomic mass is 35.5. The van der Waals surface area contributed by atoms with E-state index in [0.29, 0.717) is 15.9 Å². The van der Waals surface area contributed by atoms with E-state index in [1.807, 2.05) is 60.0 Å². The molecular weight excluding hydrogens is 480 g/mol. The number of hydrogen-bond donors (Lipinski definition) is 1. The van der Waals surface area contributed by atoms with Gasteiger partial charge in [0.2, 0.25) is 5.91 Å². The van der Waals surface area contributed by atoms with E-state index in [-0.39, 0.29) is 10.9 Å². The molecule has 33 heavy (non-hydrogen) atoms. The zero-order valence-electron chi connectivity index (χ0n) is 17.9. The van der Waals surface area contributed by atoms with Crippen LogP contribution >= 0.6 is 35.0 Å². The number of carbonyl (C=O) groups is 1. The van der Waals surface area contributed by atoms with Gasteiger partial charge in [-0.15, -0.1) is 0 Å². The van der Waals surface area contributed by atoms with Gasteiger partial charge in [-0.2, -0.15) is 0 Å². The summed E-state index contributed by atoms with van der Waals surface area (Å²) in [6.45, 7) is 3.82. The summed E-state index contributed by atoms with van der Waals surface area (Å²) in [6.07, 6.45) is 1.79. The third kappa shape index (κ3) is 5.24. The molecule has 0 radical (unpaired) electrons. The first-order chi connectivity index (χ1) is 15.8. The molecule has 1 atom stereocenters. The number of halogens is 3. The highest BCUT2D eigenvalue weighted by Crippen LogP contribution is 2.34. The van der Waals surface area contributed by atoms with Crippen LogP contribution in [0.1, 0.15) is 12.5 Å². The van der Waals surface area contributed by atoms with Gasteiger partial charge in [0, 0.05) is 10.6 Å². The van der Waals surface area contributed by atoms with Crippen molar-refractivity contribution in [2.24, 2.45) is 0 Å². The summed E-state index contributed by atoms with van der Waals surface area (Å²) in [5.41, 5.74) is 4.24. The van der Waals surface area contributed by atoms with Gasteiger partial charge in [0.05, 0.1) is 33.5 Å². The summed E-state index contributed by atoms with van der Waals surface area (Å²) in [4.78, 5) is 17.5. The Hall–Kier alpha value is -2.80. The number of anilines is 1. The van der Waals surface area contributed by atoms with Crippen LogP contribution in [0.3, 0.4) is 0 Å². The number of benzene rings is 3. The van der Waals surface area contributed by atoms with E-state index in [0.717, 1.165) is 28.6 Å². The maximum atomic E-state index is 13.3. The van der Waals surface area contributed by atoms with Crippen molar-refractivity contribution in [1.82, 2.24) is 9.55 Å². The first-order valence-electron chi connectivity index (χ1n) is 10.2. The van der Waals surface area contributed by atoms with Crippen molar-refractivity contribution >= 4 is 46.6 Å². The van der Waals surface area contributed by atoms with Crippen molar-refractivity contribution in [3.63, 3.8) is 0 Å². The van der Waals surface area contributed by atoms with Crippen molar-refractivity contribution in [1.29, 1.82) is 0 Å². The molecule has 0 saturated carbocycles. The number of amides is 1. The maximum Gasteiger partial charge on any atom is 0.237 e. The van der Waals surface area contributed by atoms with Crippen LogP contribution in [0, 0.1) is 12.7 Å². The summed E-state index contributed by atoms with van der Waals surface area (Å²) in [5.74, 6) is -0.726. The molecule has 8 heteroatoms. The van der Waals surface area contributed by atoms with Crippen LogP contribution in [0.25, 0.3) is 16.9 Å². The molecule has 0 aliphatic carbocycles. The van der Waals surface area contributed by atoms with E-state index in [1.54, 1.807) is 13.1 Å². The number of aromatic nitrogens is 2. The fourth-order valence-electron chi connectivity index (χ4n) is 3.33. The number of thioether (sulfide) groups is 1. The van der Waals surface area contributed by atoms with Crippen LogP contribution in [0.5, 0.6) is 0 Å². The predicted octanol–water partition coefficient (Wildman–Crippen LogP) is 7.41. The molecule has 3 aromatic carbocycles. The Bertz CT molecular complexity index is 1310. The van der Waals surface area contributed by atoms with Gasteiger partial charge in [-0.3, -0.25) is 9.36 Å². The van der Waals surface area contributed by atoms with Crippen molar-refractivity contribution in [3.8, 4) is 16.9 Å². The molecule has 1 heterocycles.